The van der Waals surface area contributed by atoms with Gasteiger partial charge in [0.2, 0.25) is 11.8 Å². The zero-order valence-corrected chi connectivity index (χ0v) is 23.0. The second-order valence-electron chi connectivity index (χ2n) is 10.1. The van der Waals surface area contributed by atoms with Crippen molar-refractivity contribution >= 4 is 33.7 Å². The van der Waals surface area contributed by atoms with Gasteiger partial charge >= 0.3 is 6.18 Å². The lowest BCUT2D eigenvalue weighted by Crippen LogP contribution is -2.53. The highest BCUT2D eigenvalue weighted by atomic mass is 79.9. The molecule has 2 aliphatic heterocycles. The van der Waals surface area contributed by atoms with Crippen LogP contribution in [0, 0.1) is 5.92 Å². The molecule has 3 amide bonds. The molecule has 0 aliphatic carbocycles. The van der Waals surface area contributed by atoms with E-state index >= 15 is 0 Å². The number of benzene rings is 2. The molecule has 2 aliphatic rings. The number of likely N-dealkylation sites (N-methyl/N-ethyl adjacent to an activating group) is 1. The van der Waals surface area contributed by atoms with E-state index in [0.717, 1.165) is 17.7 Å². The molecule has 2 aromatic rings. The van der Waals surface area contributed by atoms with Crippen molar-refractivity contribution in [3.8, 4) is 0 Å². The quantitative estimate of drug-likeness (QED) is 0.490. The molecule has 204 valence electrons. The summed E-state index contributed by atoms with van der Waals surface area (Å²) in [4.78, 5) is 43.7. The summed E-state index contributed by atoms with van der Waals surface area (Å²) in [5, 5.41) is 0. The van der Waals surface area contributed by atoms with E-state index in [0.29, 0.717) is 45.4 Å². The fourth-order valence-corrected chi connectivity index (χ4v) is 6.06. The molecule has 0 spiro atoms. The van der Waals surface area contributed by atoms with E-state index in [-0.39, 0.29) is 39.7 Å². The molecular formula is C28H31BrF3N3O3. The molecule has 6 nitrogen and oxygen atoms in total. The van der Waals surface area contributed by atoms with E-state index in [1.54, 1.807) is 11.9 Å². The topological polar surface area (TPSA) is 60.9 Å². The molecule has 0 bridgehead atoms. The van der Waals surface area contributed by atoms with E-state index in [1.165, 1.54) is 17.9 Å². The molecule has 2 aromatic carbocycles. The number of rotatable bonds is 4. The van der Waals surface area contributed by atoms with Gasteiger partial charge in [-0.25, -0.2) is 0 Å². The van der Waals surface area contributed by atoms with Gasteiger partial charge in [0.15, 0.2) is 0 Å². The zero-order chi connectivity index (χ0) is 27.6. The molecule has 2 fully saturated rings. The van der Waals surface area contributed by atoms with Gasteiger partial charge in [0.05, 0.1) is 5.56 Å². The molecule has 10 heteroatoms. The van der Waals surface area contributed by atoms with Crippen LogP contribution in [0.3, 0.4) is 0 Å². The Balaban J connectivity index is 1.54. The van der Waals surface area contributed by atoms with E-state index in [2.05, 4.69) is 15.9 Å². The third-order valence-electron chi connectivity index (χ3n) is 7.70. The van der Waals surface area contributed by atoms with Crippen molar-refractivity contribution in [1.82, 2.24) is 14.7 Å². The Hall–Kier alpha value is -2.88. The summed E-state index contributed by atoms with van der Waals surface area (Å²) in [6.45, 7) is 3.52. The number of carbonyl (C=O) groups is 3. The highest BCUT2D eigenvalue weighted by Gasteiger charge is 2.39. The summed E-state index contributed by atoms with van der Waals surface area (Å²) < 4.78 is 40.3. The molecule has 2 saturated heterocycles. The second kappa shape index (κ2) is 11.5. The normalized spacial score (nSPS) is 20.8. The summed E-state index contributed by atoms with van der Waals surface area (Å²) in [6, 6.07) is 12.5. The Morgan fingerprint density at radius 1 is 0.947 bits per heavy atom. The van der Waals surface area contributed by atoms with Crippen LogP contribution in [0.25, 0.3) is 0 Å². The van der Waals surface area contributed by atoms with Crippen LogP contribution in [0.15, 0.2) is 53.0 Å². The first kappa shape index (κ1) is 28.1. The van der Waals surface area contributed by atoms with E-state index < -0.39 is 17.6 Å². The molecule has 0 saturated carbocycles. The Bertz CT molecular complexity index is 1180. The third-order valence-corrected chi connectivity index (χ3v) is 8.15. The van der Waals surface area contributed by atoms with E-state index in [1.807, 2.05) is 35.2 Å². The average molecular weight is 594 g/mol. The molecular weight excluding hydrogens is 563 g/mol. The maximum absolute atomic E-state index is 13.4. The predicted molar refractivity (Wildman–Crippen MR) is 140 cm³/mol. The van der Waals surface area contributed by atoms with Crippen molar-refractivity contribution in [3.63, 3.8) is 0 Å². The summed E-state index contributed by atoms with van der Waals surface area (Å²) in [6.07, 6.45) is -2.83. The number of halogens is 4. The standard InChI is InChI=1S/C28H31BrF3N3O3/c1-18(36)34-11-8-20(9-12-34)27(38)35-13-10-25(24(17-35)19-6-4-3-5-7-19)33(2)26(37)21-14-22(28(30,31)32)16-23(29)15-21/h3-7,14-16,20,24-25H,8-13,17H2,1-2H3/t24-,25+/m0/s1. The van der Waals surface area contributed by atoms with Crippen molar-refractivity contribution in [1.29, 1.82) is 0 Å². The predicted octanol–water partition coefficient (Wildman–Crippen LogP) is 5.18. The number of carbonyl (C=O) groups excluding carboxylic acids is 3. The van der Waals surface area contributed by atoms with Gasteiger partial charge < -0.3 is 14.7 Å². The van der Waals surface area contributed by atoms with Gasteiger partial charge in [0, 0.05) is 68.1 Å². The van der Waals surface area contributed by atoms with Crippen molar-refractivity contribution in [2.45, 2.75) is 44.3 Å². The van der Waals surface area contributed by atoms with Crippen molar-refractivity contribution < 1.29 is 27.6 Å². The smallest absolute Gasteiger partial charge is 0.343 e. The number of nitrogens with zero attached hydrogens (tertiary/aromatic N) is 3. The average Bonchev–Trinajstić information content (AvgIpc) is 2.91. The highest BCUT2D eigenvalue weighted by Crippen LogP contribution is 2.35. The first-order valence-corrected chi connectivity index (χ1v) is 13.5. The molecule has 38 heavy (non-hydrogen) atoms. The summed E-state index contributed by atoms with van der Waals surface area (Å²) in [7, 11) is 1.62. The Kier molecular flexibility index (Phi) is 8.49. The van der Waals surface area contributed by atoms with Crippen LogP contribution >= 0.6 is 15.9 Å². The summed E-state index contributed by atoms with van der Waals surface area (Å²) >= 11 is 3.10. The Morgan fingerprint density at radius 3 is 2.18 bits per heavy atom. The monoisotopic (exact) mass is 593 g/mol. The molecule has 0 N–H and O–H groups in total. The van der Waals surface area contributed by atoms with Gasteiger partial charge in [-0.1, -0.05) is 46.3 Å². The van der Waals surface area contributed by atoms with E-state index in [9.17, 15) is 27.6 Å². The van der Waals surface area contributed by atoms with Gasteiger partial charge in [0.25, 0.3) is 5.91 Å². The molecule has 2 atom stereocenters. The van der Waals surface area contributed by atoms with Crippen LogP contribution < -0.4 is 0 Å². The van der Waals surface area contributed by atoms with Gasteiger partial charge in [0.1, 0.15) is 0 Å². The number of alkyl halides is 3. The van der Waals surface area contributed by atoms with Crippen LogP contribution in [0.5, 0.6) is 0 Å². The van der Waals surface area contributed by atoms with Crippen molar-refractivity contribution in [3.05, 3.63) is 69.7 Å². The number of likely N-dealkylation sites (tertiary alicyclic amines) is 2. The maximum atomic E-state index is 13.4. The van der Waals surface area contributed by atoms with Crippen molar-refractivity contribution in [2.75, 3.05) is 33.2 Å². The van der Waals surface area contributed by atoms with E-state index in [4.69, 9.17) is 0 Å². The fourth-order valence-electron chi connectivity index (χ4n) is 5.56. The van der Waals surface area contributed by atoms with Crippen LogP contribution in [-0.4, -0.2) is 71.7 Å². The van der Waals surface area contributed by atoms with Gasteiger partial charge in [-0.05, 0) is 43.0 Å². The minimum absolute atomic E-state index is 0.0151. The largest absolute Gasteiger partial charge is 0.416 e. The molecule has 0 aromatic heterocycles. The molecule has 4 rings (SSSR count). The minimum Gasteiger partial charge on any atom is -0.343 e. The first-order chi connectivity index (χ1) is 18.0. The lowest BCUT2D eigenvalue weighted by molar-refractivity contribution is -0.141. The first-order valence-electron chi connectivity index (χ1n) is 12.7. The molecule has 0 radical (unpaired) electrons. The minimum atomic E-state index is -4.57. The number of hydrogen-bond acceptors (Lipinski definition) is 3. The number of amides is 3. The summed E-state index contributed by atoms with van der Waals surface area (Å²) in [5.74, 6) is -0.779. The lowest BCUT2D eigenvalue weighted by atomic mass is 9.83. The van der Waals surface area contributed by atoms with Crippen LogP contribution in [-0.2, 0) is 15.8 Å². The Morgan fingerprint density at radius 2 is 1.58 bits per heavy atom. The second-order valence-corrected chi connectivity index (χ2v) is 11.0. The van der Waals surface area contributed by atoms with Crippen LogP contribution in [0.4, 0.5) is 13.2 Å². The van der Waals surface area contributed by atoms with Crippen LogP contribution in [0.1, 0.15) is 53.6 Å². The Labute approximate surface area is 228 Å². The van der Waals surface area contributed by atoms with Crippen LogP contribution in [0.2, 0.25) is 0 Å². The van der Waals surface area contributed by atoms with Gasteiger partial charge in [-0.2, -0.15) is 13.2 Å². The van der Waals surface area contributed by atoms with Crippen molar-refractivity contribution in [2.24, 2.45) is 5.92 Å². The van der Waals surface area contributed by atoms with Gasteiger partial charge in [-0.3, -0.25) is 14.4 Å². The fraction of sp³-hybridized carbons (Fsp3) is 0.464. The number of hydrogen-bond donors (Lipinski definition) is 0. The SMILES string of the molecule is CC(=O)N1CCC(C(=O)N2CC[C@@H](N(C)C(=O)c3cc(Br)cc(C(F)(F)F)c3)[C@H](c3ccccc3)C2)CC1. The maximum Gasteiger partial charge on any atom is 0.416 e. The van der Waals surface area contributed by atoms with Gasteiger partial charge in [-0.15, -0.1) is 0 Å². The molecule has 2 heterocycles. The summed E-state index contributed by atoms with van der Waals surface area (Å²) in [5.41, 5.74) is 0.0301. The number of piperidine rings is 2. The zero-order valence-electron chi connectivity index (χ0n) is 21.4. The third kappa shape index (κ3) is 6.22. The molecule has 0 unspecified atom stereocenters. The lowest BCUT2D eigenvalue weighted by Gasteiger charge is -2.44. The highest BCUT2D eigenvalue weighted by molar-refractivity contribution is 9.10.